The monoisotopic (exact) mass is 238 g/mol. The molecule has 0 fully saturated rings. The van der Waals surface area contributed by atoms with Gasteiger partial charge < -0.3 is 11.5 Å². The number of hydrogen-bond acceptors (Lipinski definition) is 2. The predicted molar refractivity (Wildman–Crippen MR) is 60.6 cm³/mol. The van der Waals surface area contributed by atoms with Gasteiger partial charge in [0.05, 0.1) is 11.4 Å². The summed E-state index contributed by atoms with van der Waals surface area (Å²) in [7, 11) is 0. The lowest BCUT2D eigenvalue weighted by molar-refractivity contribution is 0.514. The highest BCUT2D eigenvalue weighted by Gasteiger charge is 2.13. The molecule has 0 aliphatic heterocycles. The average molecular weight is 238 g/mol. The molecular formula is C12H9F3N2. The van der Waals surface area contributed by atoms with Gasteiger partial charge in [0, 0.05) is 5.56 Å². The van der Waals surface area contributed by atoms with Gasteiger partial charge >= 0.3 is 0 Å². The molecule has 0 heterocycles. The topological polar surface area (TPSA) is 52.0 Å². The summed E-state index contributed by atoms with van der Waals surface area (Å²) in [5.74, 6) is -2.92. The van der Waals surface area contributed by atoms with E-state index in [0.29, 0.717) is 0 Å². The van der Waals surface area contributed by atoms with Crippen molar-refractivity contribution in [2.75, 3.05) is 11.5 Å². The Morgan fingerprint density at radius 2 is 1.41 bits per heavy atom. The molecule has 2 nitrogen and oxygen atoms in total. The first-order chi connectivity index (χ1) is 8.00. The van der Waals surface area contributed by atoms with Crippen molar-refractivity contribution in [3.05, 3.63) is 47.8 Å². The second-order valence-electron chi connectivity index (χ2n) is 3.57. The molecule has 0 saturated carbocycles. The normalized spacial score (nSPS) is 10.5. The van der Waals surface area contributed by atoms with E-state index in [-0.39, 0.29) is 22.5 Å². The molecule has 4 N–H and O–H groups in total. The van der Waals surface area contributed by atoms with Gasteiger partial charge in [-0.05, 0) is 29.8 Å². The maximum atomic E-state index is 13.6. The van der Waals surface area contributed by atoms with Gasteiger partial charge in [-0.3, -0.25) is 0 Å². The zero-order valence-electron chi connectivity index (χ0n) is 8.68. The number of rotatable bonds is 1. The minimum atomic E-state index is -1.14. The van der Waals surface area contributed by atoms with Gasteiger partial charge in [0.2, 0.25) is 0 Å². The van der Waals surface area contributed by atoms with Crippen LogP contribution in [0.5, 0.6) is 0 Å². The molecule has 17 heavy (non-hydrogen) atoms. The maximum absolute atomic E-state index is 13.6. The second-order valence-corrected chi connectivity index (χ2v) is 3.57. The standard InChI is InChI=1S/C12H9F3N2/c13-8-5-6(1-3-9(8)16)7-2-4-10(17)12(15)11(7)14/h1-5H,16-17H2. The van der Waals surface area contributed by atoms with Gasteiger partial charge in [0.15, 0.2) is 11.6 Å². The molecule has 2 aromatic rings. The van der Waals surface area contributed by atoms with E-state index in [1.54, 1.807) is 0 Å². The van der Waals surface area contributed by atoms with E-state index >= 15 is 0 Å². The molecule has 0 unspecified atom stereocenters. The number of nitrogens with two attached hydrogens (primary N) is 2. The maximum Gasteiger partial charge on any atom is 0.182 e. The molecule has 5 heteroatoms. The van der Waals surface area contributed by atoms with Crippen LogP contribution in [0.4, 0.5) is 24.5 Å². The van der Waals surface area contributed by atoms with Gasteiger partial charge in [0.1, 0.15) is 5.82 Å². The Morgan fingerprint density at radius 1 is 0.765 bits per heavy atom. The van der Waals surface area contributed by atoms with Crippen LogP contribution < -0.4 is 11.5 Å². The van der Waals surface area contributed by atoms with Gasteiger partial charge in [-0.1, -0.05) is 6.07 Å². The van der Waals surface area contributed by atoms with Crippen molar-refractivity contribution in [1.29, 1.82) is 0 Å². The van der Waals surface area contributed by atoms with Crippen LogP contribution in [0.25, 0.3) is 11.1 Å². The van der Waals surface area contributed by atoms with Crippen molar-refractivity contribution in [2.45, 2.75) is 0 Å². The van der Waals surface area contributed by atoms with E-state index in [1.807, 2.05) is 0 Å². The number of halogens is 3. The fourth-order valence-electron chi connectivity index (χ4n) is 1.48. The molecule has 88 valence electrons. The smallest absolute Gasteiger partial charge is 0.182 e. The Morgan fingerprint density at radius 3 is 2.06 bits per heavy atom. The Balaban J connectivity index is 2.61. The van der Waals surface area contributed by atoms with Gasteiger partial charge in [-0.2, -0.15) is 0 Å². The van der Waals surface area contributed by atoms with Crippen LogP contribution in [0.1, 0.15) is 0 Å². The predicted octanol–water partition coefficient (Wildman–Crippen LogP) is 2.94. The first kappa shape index (κ1) is 11.3. The summed E-state index contributed by atoms with van der Waals surface area (Å²) in [5, 5.41) is 0. The van der Waals surface area contributed by atoms with Crippen LogP contribution in [0.2, 0.25) is 0 Å². The fraction of sp³-hybridized carbons (Fsp3) is 0. The van der Waals surface area contributed by atoms with Crippen LogP contribution in [-0.4, -0.2) is 0 Å². The third kappa shape index (κ3) is 1.91. The third-order valence-electron chi connectivity index (χ3n) is 2.42. The van der Waals surface area contributed by atoms with Gasteiger partial charge in [0.25, 0.3) is 0 Å². The molecular weight excluding hydrogens is 229 g/mol. The van der Waals surface area contributed by atoms with Crippen molar-refractivity contribution >= 4 is 11.4 Å². The molecule has 0 aliphatic carbocycles. The van der Waals surface area contributed by atoms with Crippen LogP contribution in [0.3, 0.4) is 0 Å². The van der Waals surface area contributed by atoms with E-state index in [0.717, 1.165) is 6.07 Å². The first-order valence-corrected chi connectivity index (χ1v) is 4.79. The fourth-order valence-corrected chi connectivity index (χ4v) is 1.48. The Labute approximate surface area is 95.7 Å². The SMILES string of the molecule is Nc1ccc(-c2ccc(N)c(F)c2F)cc1F. The van der Waals surface area contributed by atoms with Crippen LogP contribution >= 0.6 is 0 Å². The average Bonchev–Trinajstić information content (AvgIpc) is 2.30. The minimum absolute atomic E-state index is 0.0509. The highest BCUT2D eigenvalue weighted by molar-refractivity contribution is 5.68. The highest BCUT2D eigenvalue weighted by atomic mass is 19.2. The summed E-state index contributed by atoms with van der Waals surface area (Å²) in [6, 6.07) is 6.26. The summed E-state index contributed by atoms with van der Waals surface area (Å²) in [4.78, 5) is 0. The van der Waals surface area contributed by atoms with Gasteiger partial charge in [-0.25, -0.2) is 13.2 Å². The molecule has 0 radical (unpaired) electrons. The second kappa shape index (κ2) is 4.01. The molecule has 0 aliphatic rings. The first-order valence-electron chi connectivity index (χ1n) is 4.79. The summed E-state index contributed by atoms with van der Waals surface area (Å²) in [6.07, 6.45) is 0. The van der Waals surface area contributed by atoms with Crippen molar-refractivity contribution in [3.8, 4) is 11.1 Å². The summed E-state index contributed by atoms with van der Waals surface area (Å²) < 4.78 is 40.0. The summed E-state index contributed by atoms with van der Waals surface area (Å²) in [6.45, 7) is 0. The Hall–Kier alpha value is -2.17. The Kier molecular flexibility index (Phi) is 2.67. The summed E-state index contributed by atoms with van der Waals surface area (Å²) >= 11 is 0. The molecule has 2 aromatic carbocycles. The van der Waals surface area contributed by atoms with Crippen LogP contribution in [-0.2, 0) is 0 Å². The van der Waals surface area contributed by atoms with E-state index in [4.69, 9.17) is 11.5 Å². The zero-order valence-corrected chi connectivity index (χ0v) is 8.68. The van der Waals surface area contributed by atoms with E-state index < -0.39 is 17.5 Å². The van der Waals surface area contributed by atoms with Crippen molar-refractivity contribution in [3.63, 3.8) is 0 Å². The number of hydrogen-bond donors (Lipinski definition) is 2. The molecule has 0 atom stereocenters. The molecule has 0 bridgehead atoms. The van der Waals surface area contributed by atoms with Crippen molar-refractivity contribution < 1.29 is 13.2 Å². The number of nitrogen functional groups attached to an aromatic ring is 2. The molecule has 0 saturated heterocycles. The minimum Gasteiger partial charge on any atom is -0.396 e. The zero-order chi connectivity index (χ0) is 12.6. The van der Waals surface area contributed by atoms with Crippen LogP contribution in [0.15, 0.2) is 30.3 Å². The quantitative estimate of drug-likeness (QED) is 0.750. The summed E-state index contributed by atoms with van der Waals surface area (Å²) in [5.41, 5.74) is 10.3. The molecule has 0 spiro atoms. The Bertz CT molecular complexity index is 582. The van der Waals surface area contributed by atoms with E-state index in [1.165, 1.54) is 24.3 Å². The molecule has 2 rings (SSSR count). The molecule has 0 aromatic heterocycles. The third-order valence-corrected chi connectivity index (χ3v) is 2.42. The van der Waals surface area contributed by atoms with Crippen LogP contribution in [0, 0.1) is 17.5 Å². The van der Waals surface area contributed by atoms with Crippen molar-refractivity contribution in [1.82, 2.24) is 0 Å². The molecule has 0 amide bonds. The lowest BCUT2D eigenvalue weighted by Crippen LogP contribution is -1.97. The largest absolute Gasteiger partial charge is 0.396 e. The lowest BCUT2D eigenvalue weighted by atomic mass is 10.0. The van der Waals surface area contributed by atoms with Gasteiger partial charge in [-0.15, -0.1) is 0 Å². The lowest BCUT2D eigenvalue weighted by Gasteiger charge is -2.07. The van der Waals surface area contributed by atoms with E-state index in [2.05, 4.69) is 0 Å². The van der Waals surface area contributed by atoms with Crippen molar-refractivity contribution in [2.24, 2.45) is 0 Å². The highest BCUT2D eigenvalue weighted by Crippen LogP contribution is 2.28. The van der Waals surface area contributed by atoms with E-state index in [9.17, 15) is 13.2 Å². The number of anilines is 2. The number of benzene rings is 2.